The molecule has 1 saturated heterocycles. The van der Waals surface area contributed by atoms with Gasteiger partial charge in [-0.1, -0.05) is 13.0 Å². The van der Waals surface area contributed by atoms with Crippen molar-refractivity contribution in [2.75, 3.05) is 26.7 Å². The van der Waals surface area contributed by atoms with Crippen LogP contribution in [-0.4, -0.2) is 42.7 Å². The fraction of sp³-hybridized carbons (Fsp3) is 0.643. The van der Waals surface area contributed by atoms with E-state index in [0.29, 0.717) is 6.04 Å². The highest BCUT2D eigenvalue weighted by Crippen LogP contribution is 2.17. The monoisotopic (exact) mass is 249 g/mol. The van der Waals surface area contributed by atoms with Gasteiger partial charge in [-0.3, -0.25) is 4.90 Å². The number of rotatable bonds is 6. The summed E-state index contributed by atoms with van der Waals surface area (Å²) in [5.41, 5.74) is 1.17. The van der Waals surface area contributed by atoms with Crippen molar-refractivity contribution in [2.24, 2.45) is 0 Å². The van der Waals surface area contributed by atoms with Crippen LogP contribution in [0.4, 0.5) is 0 Å². The number of likely N-dealkylation sites (N-methyl/N-ethyl adjacent to an activating group) is 1. The van der Waals surface area contributed by atoms with Crippen LogP contribution in [0.1, 0.15) is 25.3 Å². The summed E-state index contributed by atoms with van der Waals surface area (Å²) in [6, 6.07) is 4.71. The van der Waals surface area contributed by atoms with E-state index in [0.717, 1.165) is 25.5 Å². The van der Waals surface area contributed by atoms with Gasteiger partial charge in [0.15, 0.2) is 0 Å². The Morgan fingerprint density at radius 2 is 2.44 bits per heavy atom. The average Bonchev–Trinajstić information content (AvgIpc) is 2.91. The first-order chi connectivity index (χ1) is 8.83. The van der Waals surface area contributed by atoms with Crippen LogP contribution in [0.15, 0.2) is 18.3 Å². The third-order valence-corrected chi connectivity index (χ3v) is 3.53. The number of hydrogen-bond acceptors (Lipinski definition) is 4. The first-order valence-corrected chi connectivity index (χ1v) is 6.77. The van der Waals surface area contributed by atoms with E-state index in [4.69, 9.17) is 4.74 Å². The molecule has 2 heterocycles. The predicted molar refractivity (Wildman–Crippen MR) is 72.8 cm³/mol. The SMILES string of the molecule is CCN(Cc1cccnc1OC)CC1CCCN1. The number of hydrogen-bond donors (Lipinski definition) is 1. The van der Waals surface area contributed by atoms with Crippen molar-refractivity contribution in [1.29, 1.82) is 0 Å². The zero-order valence-corrected chi connectivity index (χ0v) is 11.4. The zero-order chi connectivity index (χ0) is 12.8. The molecule has 18 heavy (non-hydrogen) atoms. The summed E-state index contributed by atoms with van der Waals surface area (Å²) < 4.78 is 5.31. The molecule has 1 aromatic heterocycles. The van der Waals surface area contributed by atoms with E-state index in [-0.39, 0.29) is 0 Å². The molecule has 0 spiro atoms. The normalized spacial score (nSPS) is 19.4. The molecule has 1 aliphatic rings. The lowest BCUT2D eigenvalue weighted by atomic mass is 10.2. The molecule has 1 fully saturated rings. The molecule has 4 nitrogen and oxygen atoms in total. The summed E-state index contributed by atoms with van der Waals surface area (Å²) in [5.74, 6) is 0.746. The van der Waals surface area contributed by atoms with Crippen LogP contribution >= 0.6 is 0 Å². The van der Waals surface area contributed by atoms with Crippen LogP contribution in [0, 0.1) is 0 Å². The Morgan fingerprint density at radius 3 is 3.11 bits per heavy atom. The van der Waals surface area contributed by atoms with Gasteiger partial charge in [0.05, 0.1) is 7.11 Å². The van der Waals surface area contributed by atoms with Gasteiger partial charge in [-0.15, -0.1) is 0 Å². The highest BCUT2D eigenvalue weighted by Gasteiger charge is 2.18. The molecule has 1 N–H and O–H groups in total. The molecule has 4 heteroatoms. The van der Waals surface area contributed by atoms with Gasteiger partial charge in [0.1, 0.15) is 0 Å². The maximum atomic E-state index is 5.31. The molecule has 1 aromatic rings. The van der Waals surface area contributed by atoms with Crippen LogP contribution in [0.2, 0.25) is 0 Å². The molecule has 0 bridgehead atoms. The van der Waals surface area contributed by atoms with Crippen LogP contribution in [0.25, 0.3) is 0 Å². The van der Waals surface area contributed by atoms with Gasteiger partial charge in [-0.25, -0.2) is 4.98 Å². The summed E-state index contributed by atoms with van der Waals surface area (Å²) in [6.07, 6.45) is 4.37. The molecule has 0 aromatic carbocycles. The van der Waals surface area contributed by atoms with E-state index in [2.05, 4.69) is 28.2 Å². The smallest absolute Gasteiger partial charge is 0.217 e. The fourth-order valence-corrected chi connectivity index (χ4v) is 2.50. The lowest BCUT2D eigenvalue weighted by Gasteiger charge is -2.24. The molecule has 0 aliphatic carbocycles. The van der Waals surface area contributed by atoms with E-state index in [1.807, 2.05) is 6.07 Å². The molecule has 1 aliphatic heterocycles. The predicted octanol–water partition coefficient (Wildman–Crippen LogP) is 1.66. The second kappa shape index (κ2) is 6.71. The van der Waals surface area contributed by atoms with E-state index >= 15 is 0 Å². The first-order valence-electron chi connectivity index (χ1n) is 6.77. The Bertz CT molecular complexity index is 364. The molecule has 1 unspecified atom stereocenters. The van der Waals surface area contributed by atoms with Crippen molar-refractivity contribution in [2.45, 2.75) is 32.4 Å². The standard InChI is InChI=1S/C14H23N3O/c1-3-17(11-13-7-5-8-15-13)10-12-6-4-9-16-14(12)18-2/h4,6,9,13,15H,3,5,7-8,10-11H2,1-2H3. The quantitative estimate of drug-likeness (QED) is 0.832. The molecule has 0 amide bonds. The highest BCUT2D eigenvalue weighted by atomic mass is 16.5. The fourth-order valence-electron chi connectivity index (χ4n) is 2.50. The maximum Gasteiger partial charge on any atom is 0.217 e. The molecular weight excluding hydrogens is 226 g/mol. The van der Waals surface area contributed by atoms with Crippen molar-refractivity contribution in [3.05, 3.63) is 23.9 Å². The molecule has 0 saturated carbocycles. The Labute approximate surface area is 109 Å². The van der Waals surface area contributed by atoms with Gasteiger partial charge >= 0.3 is 0 Å². The van der Waals surface area contributed by atoms with Crippen LogP contribution < -0.4 is 10.1 Å². The van der Waals surface area contributed by atoms with Gasteiger partial charge in [0.25, 0.3) is 0 Å². The van der Waals surface area contributed by atoms with Gasteiger partial charge < -0.3 is 10.1 Å². The van der Waals surface area contributed by atoms with Crippen molar-refractivity contribution < 1.29 is 4.74 Å². The number of pyridine rings is 1. The Morgan fingerprint density at radius 1 is 1.56 bits per heavy atom. The third-order valence-electron chi connectivity index (χ3n) is 3.53. The van der Waals surface area contributed by atoms with E-state index in [9.17, 15) is 0 Å². The second-order valence-corrected chi connectivity index (χ2v) is 4.79. The minimum Gasteiger partial charge on any atom is -0.481 e. The molecule has 2 rings (SSSR count). The van der Waals surface area contributed by atoms with Gasteiger partial charge in [0.2, 0.25) is 5.88 Å². The summed E-state index contributed by atoms with van der Waals surface area (Å²) in [7, 11) is 1.68. The Kier molecular flexibility index (Phi) is 4.96. The lowest BCUT2D eigenvalue weighted by Crippen LogP contribution is -2.37. The first kappa shape index (κ1) is 13.3. The van der Waals surface area contributed by atoms with E-state index in [1.54, 1.807) is 13.3 Å². The number of nitrogens with one attached hydrogen (secondary N) is 1. The summed E-state index contributed by atoms with van der Waals surface area (Å²) >= 11 is 0. The van der Waals surface area contributed by atoms with Gasteiger partial charge in [-0.05, 0) is 32.0 Å². The van der Waals surface area contributed by atoms with Crippen molar-refractivity contribution in [1.82, 2.24) is 15.2 Å². The van der Waals surface area contributed by atoms with Crippen LogP contribution in [0.5, 0.6) is 5.88 Å². The van der Waals surface area contributed by atoms with Crippen LogP contribution in [-0.2, 0) is 6.54 Å². The van der Waals surface area contributed by atoms with Gasteiger partial charge in [0, 0.05) is 30.9 Å². The number of aromatic nitrogens is 1. The number of ether oxygens (including phenoxy) is 1. The number of nitrogens with zero attached hydrogens (tertiary/aromatic N) is 2. The Hall–Kier alpha value is -1.13. The molecular formula is C14H23N3O. The van der Waals surface area contributed by atoms with Crippen molar-refractivity contribution in [3.8, 4) is 5.88 Å². The maximum absolute atomic E-state index is 5.31. The minimum absolute atomic E-state index is 0.646. The van der Waals surface area contributed by atoms with Crippen molar-refractivity contribution >= 4 is 0 Å². The average molecular weight is 249 g/mol. The van der Waals surface area contributed by atoms with Crippen molar-refractivity contribution in [3.63, 3.8) is 0 Å². The molecule has 100 valence electrons. The third kappa shape index (κ3) is 3.43. The van der Waals surface area contributed by atoms with E-state index in [1.165, 1.54) is 24.9 Å². The zero-order valence-electron chi connectivity index (χ0n) is 11.4. The molecule has 0 radical (unpaired) electrons. The topological polar surface area (TPSA) is 37.4 Å². The minimum atomic E-state index is 0.646. The molecule has 1 atom stereocenters. The number of methoxy groups -OCH3 is 1. The second-order valence-electron chi connectivity index (χ2n) is 4.79. The highest BCUT2D eigenvalue weighted by molar-refractivity contribution is 5.25. The van der Waals surface area contributed by atoms with E-state index < -0.39 is 0 Å². The Balaban J connectivity index is 1.96. The largest absolute Gasteiger partial charge is 0.481 e. The van der Waals surface area contributed by atoms with Crippen LogP contribution in [0.3, 0.4) is 0 Å². The summed E-state index contributed by atoms with van der Waals surface area (Å²) in [4.78, 5) is 6.70. The lowest BCUT2D eigenvalue weighted by molar-refractivity contribution is 0.248. The van der Waals surface area contributed by atoms with Gasteiger partial charge in [-0.2, -0.15) is 0 Å². The summed E-state index contributed by atoms with van der Waals surface area (Å²) in [6.45, 7) is 6.44. The summed E-state index contributed by atoms with van der Waals surface area (Å²) in [5, 5.41) is 3.55.